The number of nitrogens with two attached hydrogens (primary N) is 2. The lowest BCUT2D eigenvalue weighted by atomic mass is 9.91. The summed E-state index contributed by atoms with van der Waals surface area (Å²) < 4.78 is 0. The highest BCUT2D eigenvalue weighted by atomic mass is 32.2. The first-order chi connectivity index (χ1) is 8.98. The minimum absolute atomic E-state index is 0.223. The van der Waals surface area contributed by atoms with Crippen molar-refractivity contribution >= 4 is 23.6 Å². The SMILES string of the molecule is CC(N)(C(N)=O)C(=C=O)CCSCc1ccccc1. The van der Waals surface area contributed by atoms with Gasteiger partial charge in [0, 0.05) is 11.3 Å². The van der Waals surface area contributed by atoms with Crippen molar-refractivity contribution in [3.63, 3.8) is 0 Å². The smallest absolute Gasteiger partial charge is 0.242 e. The Hall–Kier alpha value is -1.55. The molecule has 1 unspecified atom stereocenters. The molecule has 1 aromatic carbocycles. The molecule has 5 heteroatoms. The van der Waals surface area contributed by atoms with Crippen molar-refractivity contribution in [2.75, 3.05) is 5.75 Å². The van der Waals surface area contributed by atoms with Crippen LogP contribution < -0.4 is 11.5 Å². The van der Waals surface area contributed by atoms with Crippen molar-refractivity contribution in [2.24, 2.45) is 11.5 Å². The summed E-state index contributed by atoms with van der Waals surface area (Å²) in [6, 6.07) is 10.0. The molecule has 0 bridgehead atoms. The summed E-state index contributed by atoms with van der Waals surface area (Å²) in [6.07, 6.45) is 0.414. The largest absolute Gasteiger partial charge is 0.368 e. The van der Waals surface area contributed by atoms with Gasteiger partial charge in [-0.05, 0) is 24.7 Å². The van der Waals surface area contributed by atoms with Crippen LogP contribution in [0.5, 0.6) is 0 Å². The Labute approximate surface area is 117 Å². The Morgan fingerprint density at radius 1 is 1.37 bits per heavy atom. The highest BCUT2D eigenvalue weighted by Crippen LogP contribution is 2.19. The van der Waals surface area contributed by atoms with Crippen LogP contribution >= 0.6 is 11.8 Å². The zero-order valence-corrected chi connectivity index (χ0v) is 11.7. The van der Waals surface area contributed by atoms with Gasteiger partial charge in [0.1, 0.15) is 11.5 Å². The number of carbonyl (C=O) groups is 1. The van der Waals surface area contributed by atoms with Crippen molar-refractivity contribution in [1.29, 1.82) is 0 Å². The number of benzene rings is 1. The van der Waals surface area contributed by atoms with Crippen LogP contribution in [0.4, 0.5) is 0 Å². The maximum Gasteiger partial charge on any atom is 0.242 e. The summed E-state index contributed by atoms with van der Waals surface area (Å²) in [5.41, 5.74) is 10.9. The third-order valence-corrected chi connectivity index (χ3v) is 3.90. The highest BCUT2D eigenvalue weighted by Gasteiger charge is 2.31. The Kier molecular flexibility index (Phi) is 5.83. The van der Waals surface area contributed by atoms with Crippen molar-refractivity contribution < 1.29 is 9.59 Å². The van der Waals surface area contributed by atoms with E-state index in [0.29, 0.717) is 12.2 Å². The first-order valence-electron chi connectivity index (χ1n) is 5.93. The number of carbonyl (C=O) groups excluding carboxylic acids is 2. The summed E-state index contributed by atoms with van der Waals surface area (Å²) in [4.78, 5) is 22.0. The van der Waals surface area contributed by atoms with E-state index in [2.05, 4.69) is 0 Å². The molecule has 4 nitrogen and oxygen atoms in total. The number of thioether (sulfide) groups is 1. The van der Waals surface area contributed by atoms with Crippen LogP contribution in [0.25, 0.3) is 0 Å². The average Bonchev–Trinajstić information content (AvgIpc) is 2.39. The van der Waals surface area contributed by atoms with Crippen LogP contribution in [0.15, 0.2) is 35.9 Å². The van der Waals surface area contributed by atoms with Crippen LogP contribution in [-0.2, 0) is 15.3 Å². The molecule has 1 amide bonds. The maximum atomic E-state index is 11.2. The second-order valence-electron chi connectivity index (χ2n) is 4.44. The molecular weight excluding hydrogens is 260 g/mol. The fourth-order valence-corrected chi connectivity index (χ4v) is 2.42. The van der Waals surface area contributed by atoms with Crippen molar-refractivity contribution in [3.8, 4) is 0 Å². The molecule has 0 aliphatic carbocycles. The number of hydrogen-bond acceptors (Lipinski definition) is 4. The Morgan fingerprint density at radius 3 is 2.53 bits per heavy atom. The van der Waals surface area contributed by atoms with Gasteiger partial charge in [-0.15, -0.1) is 0 Å². The fourth-order valence-electron chi connectivity index (χ4n) is 1.50. The molecule has 1 atom stereocenters. The Morgan fingerprint density at radius 2 is 2.00 bits per heavy atom. The Bertz CT molecular complexity index is 479. The maximum absolute atomic E-state index is 11.2. The van der Waals surface area contributed by atoms with E-state index in [0.717, 1.165) is 5.75 Å². The van der Waals surface area contributed by atoms with Gasteiger partial charge in [-0.1, -0.05) is 30.3 Å². The molecule has 19 heavy (non-hydrogen) atoms. The van der Waals surface area contributed by atoms with E-state index in [9.17, 15) is 9.59 Å². The monoisotopic (exact) mass is 278 g/mol. The third-order valence-electron chi connectivity index (χ3n) is 2.87. The summed E-state index contributed by atoms with van der Waals surface area (Å²) in [5.74, 6) is 2.59. The number of amides is 1. The van der Waals surface area contributed by atoms with Crippen LogP contribution in [0.2, 0.25) is 0 Å². The number of rotatable bonds is 7. The first kappa shape index (κ1) is 15.5. The van der Waals surface area contributed by atoms with Gasteiger partial charge in [-0.25, -0.2) is 4.79 Å². The predicted molar refractivity (Wildman–Crippen MR) is 78.2 cm³/mol. The highest BCUT2D eigenvalue weighted by molar-refractivity contribution is 7.98. The first-order valence-corrected chi connectivity index (χ1v) is 7.09. The molecule has 1 rings (SSSR count). The van der Waals surface area contributed by atoms with Gasteiger partial charge in [-0.2, -0.15) is 11.8 Å². The molecule has 0 fully saturated rings. The second-order valence-corrected chi connectivity index (χ2v) is 5.54. The van der Waals surface area contributed by atoms with Crippen molar-refractivity contribution in [1.82, 2.24) is 0 Å². The van der Waals surface area contributed by atoms with E-state index in [4.69, 9.17) is 11.5 Å². The molecule has 1 aromatic rings. The molecular formula is C14H18N2O2S. The average molecular weight is 278 g/mol. The standard InChI is InChI=1S/C14H18N2O2S/c1-14(16,13(15)18)12(9-17)7-8-19-10-11-5-3-2-4-6-11/h2-6H,7-8,10,16H2,1H3,(H2,15,18). The van der Waals surface area contributed by atoms with Crippen LogP contribution in [0, 0.1) is 0 Å². The normalized spacial score (nSPS) is 13.4. The quantitative estimate of drug-likeness (QED) is 0.581. The van der Waals surface area contributed by atoms with E-state index in [1.165, 1.54) is 12.5 Å². The number of hydrogen-bond donors (Lipinski definition) is 2. The lowest BCUT2D eigenvalue weighted by Crippen LogP contribution is -2.51. The van der Waals surface area contributed by atoms with Crippen molar-refractivity contribution in [2.45, 2.75) is 24.6 Å². The van der Waals surface area contributed by atoms with E-state index in [-0.39, 0.29) is 5.57 Å². The summed E-state index contributed by atoms with van der Waals surface area (Å²) >= 11 is 1.67. The fraction of sp³-hybridized carbons (Fsp3) is 0.357. The summed E-state index contributed by atoms with van der Waals surface area (Å²) in [5, 5.41) is 0. The van der Waals surface area contributed by atoms with Gasteiger partial charge in [0.25, 0.3) is 0 Å². The van der Waals surface area contributed by atoms with Crippen molar-refractivity contribution in [3.05, 3.63) is 41.5 Å². The minimum atomic E-state index is -1.41. The molecule has 102 valence electrons. The third kappa shape index (κ3) is 4.56. The second kappa shape index (κ2) is 7.14. The number of primary amides is 1. The topological polar surface area (TPSA) is 86.2 Å². The summed E-state index contributed by atoms with van der Waals surface area (Å²) in [6.45, 7) is 1.44. The van der Waals surface area contributed by atoms with E-state index in [1.54, 1.807) is 17.7 Å². The van der Waals surface area contributed by atoms with Crippen LogP contribution in [0.1, 0.15) is 18.9 Å². The minimum Gasteiger partial charge on any atom is -0.368 e. The van der Waals surface area contributed by atoms with Gasteiger partial charge in [0.2, 0.25) is 5.91 Å². The predicted octanol–water partition coefficient (Wildman–Crippen LogP) is 1.27. The molecule has 0 spiro atoms. The van der Waals surface area contributed by atoms with Crippen LogP contribution in [0.3, 0.4) is 0 Å². The van der Waals surface area contributed by atoms with Gasteiger partial charge >= 0.3 is 0 Å². The lowest BCUT2D eigenvalue weighted by Gasteiger charge is -2.21. The molecule has 0 aliphatic heterocycles. The van der Waals surface area contributed by atoms with Gasteiger partial charge < -0.3 is 11.5 Å². The zero-order valence-electron chi connectivity index (χ0n) is 10.9. The molecule has 0 aromatic heterocycles. The van der Waals surface area contributed by atoms with Gasteiger partial charge in [-0.3, -0.25) is 4.79 Å². The van der Waals surface area contributed by atoms with E-state index in [1.807, 2.05) is 30.3 Å². The zero-order chi connectivity index (χ0) is 14.3. The van der Waals surface area contributed by atoms with Gasteiger partial charge in [0.05, 0.1) is 0 Å². The molecule has 0 saturated carbocycles. The molecule has 4 N–H and O–H groups in total. The Balaban J connectivity index is 2.44. The molecule has 0 heterocycles. The van der Waals surface area contributed by atoms with Crippen LogP contribution in [-0.4, -0.2) is 23.1 Å². The molecule has 0 radical (unpaired) electrons. The molecule has 0 saturated heterocycles. The van der Waals surface area contributed by atoms with E-state index < -0.39 is 11.4 Å². The lowest BCUT2D eigenvalue weighted by molar-refractivity contribution is -0.121. The summed E-state index contributed by atoms with van der Waals surface area (Å²) in [7, 11) is 0. The van der Waals surface area contributed by atoms with Gasteiger partial charge in [0.15, 0.2) is 0 Å². The van der Waals surface area contributed by atoms with E-state index >= 15 is 0 Å². The molecule has 0 aliphatic rings.